The predicted molar refractivity (Wildman–Crippen MR) is 141 cm³/mol. The zero-order chi connectivity index (χ0) is 26.5. The van der Waals surface area contributed by atoms with Gasteiger partial charge in [0, 0.05) is 13.8 Å². The Bertz CT molecular complexity index is 876. The number of hydrogen-bond donors (Lipinski definition) is 1. The lowest BCUT2D eigenvalue weighted by atomic mass is 9.46. The molecule has 0 aliphatic heterocycles. The molecule has 0 radical (unpaired) electrons. The smallest absolute Gasteiger partial charge is 0.303 e. The molecule has 0 amide bonds. The number of allylic oxidation sites excluding steroid dienone is 1. The maximum Gasteiger partial charge on any atom is 0.303 e. The molecule has 204 valence electrons. The van der Waals surface area contributed by atoms with Crippen molar-refractivity contribution in [2.24, 2.45) is 40.4 Å². The molecule has 9 atom stereocenters. The van der Waals surface area contributed by atoms with Gasteiger partial charge in [-0.25, -0.2) is 0 Å². The second-order valence-corrected chi connectivity index (χ2v) is 13.8. The van der Waals surface area contributed by atoms with Crippen molar-refractivity contribution >= 4 is 11.9 Å². The van der Waals surface area contributed by atoms with Crippen LogP contribution in [0.1, 0.15) is 113 Å². The molecule has 3 saturated carbocycles. The van der Waals surface area contributed by atoms with Gasteiger partial charge >= 0.3 is 11.9 Å². The lowest BCUT2D eigenvalue weighted by Gasteiger charge is -2.59. The van der Waals surface area contributed by atoms with Crippen LogP contribution in [-0.2, 0) is 19.1 Å². The van der Waals surface area contributed by atoms with Crippen molar-refractivity contribution in [1.82, 2.24) is 0 Å². The van der Waals surface area contributed by atoms with Crippen LogP contribution in [-0.4, -0.2) is 34.9 Å². The first kappa shape index (κ1) is 27.7. The first-order chi connectivity index (χ1) is 16.8. The summed E-state index contributed by atoms with van der Waals surface area (Å²) < 4.78 is 11.0. The molecule has 0 saturated heterocycles. The van der Waals surface area contributed by atoms with Gasteiger partial charge in [-0.1, -0.05) is 33.3 Å². The summed E-state index contributed by atoms with van der Waals surface area (Å²) in [6.45, 7) is 14.4. The fourth-order valence-corrected chi connectivity index (χ4v) is 9.51. The summed E-state index contributed by atoms with van der Waals surface area (Å²) >= 11 is 0. The molecule has 0 unspecified atom stereocenters. The highest BCUT2D eigenvalue weighted by molar-refractivity contribution is 5.66. The van der Waals surface area contributed by atoms with Gasteiger partial charge in [0.15, 0.2) is 0 Å². The van der Waals surface area contributed by atoms with Gasteiger partial charge in [0.1, 0.15) is 17.8 Å². The Balaban J connectivity index is 1.43. The Hall–Kier alpha value is -1.36. The van der Waals surface area contributed by atoms with Crippen LogP contribution in [0.15, 0.2) is 11.6 Å². The molecule has 4 aliphatic rings. The minimum absolute atomic E-state index is 0.0201. The van der Waals surface area contributed by atoms with E-state index >= 15 is 0 Å². The van der Waals surface area contributed by atoms with Crippen LogP contribution in [0.5, 0.6) is 0 Å². The summed E-state index contributed by atoms with van der Waals surface area (Å²) in [5, 5.41) is 11.1. The molecule has 0 spiro atoms. The Morgan fingerprint density at radius 1 is 1.08 bits per heavy atom. The van der Waals surface area contributed by atoms with Crippen molar-refractivity contribution in [3.8, 4) is 0 Å². The van der Waals surface area contributed by atoms with Crippen LogP contribution in [0.4, 0.5) is 0 Å². The molecule has 5 nitrogen and oxygen atoms in total. The highest BCUT2D eigenvalue weighted by Crippen LogP contribution is 2.67. The molecule has 0 aromatic carbocycles. The molecular formula is C31H50O5. The van der Waals surface area contributed by atoms with Gasteiger partial charge in [-0.2, -0.15) is 0 Å². The molecule has 1 N–H and O–H groups in total. The fraction of sp³-hybridized carbons (Fsp3) is 0.871. The van der Waals surface area contributed by atoms with Gasteiger partial charge in [0.25, 0.3) is 0 Å². The Morgan fingerprint density at radius 2 is 1.81 bits per heavy atom. The van der Waals surface area contributed by atoms with E-state index in [4.69, 9.17) is 9.47 Å². The van der Waals surface area contributed by atoms with E-state index in [0.29, 0.717) is 23.2 Å². The molecule has 4 rings (SSSR count). The maximum absolute atomic E-state index is 11.6. The average Bonchev–Trinajstić information content (AvgIpc) is 3.12. The van der Waals surface area contributed by atoms with E-state index < -0.39 is 12.2 Å². The quantitative estimate of drug-likeness (QED) is 0.313. The monoisotopic (exact) mass is 502 g/mol. The third-order valence-electron chi connectivity index (χ3n) is 11.1. The molecule has 0 aromatic heterocycles. The Kier molecular flexibility index (Phi) is 7.74. The van der Waals surface area contributed by atoms with Crippen molar-refractivity contribution in [1.29, 1.82) is 0 Å². The predicted octanol–water partition coefficient (Wildman–Crippen LogP) is 6.62. The van der Waals surface area contributed by atoms with Crippen molar-refractivity contribution in [2.75, 3.05) is 0 Å². The Labute approximate surface area is 218 Å². The summed E-state index contributed by atoms with van der Waals surface area (Å²) in [6, 6.07) is 0. The summed E-state index contributed by atoms with van der Waals surface area (Å²) in [6.07, 6.45) is 12.4. The molecular weight excluding hydrogens is 452 g/mol. The second kappa shape index (κ2) is 10.1. The number of fused-ring (bicyclic) bond motifs is 5. The number of esters is 2. The van der Waals surface area contributed by atoms with Crippen LogP contribution in [0, 0.1) is 40.4 Å². The van der Waals surface area contributed by atoms with Gasteiger partial charge in [-0.3, -0.25) is 9.59 Å². The average molecular weight is 503 g/mol. The number of carbonyl (C=O) groups is 2. The van der Waals surface area contributed by atoms with Crippen molar-refractivity contribution in [3.63, 3.8) is 0 Å². The van der Waals surface area contributed by atoms with E-state index in [1.807, 2.05) is 13.8 Å². The first-order valence-corrected chi connectivity index (χ1v) is 14.5. The van der Waals surface area contributed by atoms with Gasteiger partial charge in [0.05, 0.1) is 0 Å². The summed E-state index contributed by atoms with van der Waals surface area (Å²) in [7, 11) is 0. The van der Waals surface area contributed by atoms with E-state index in [9.17, 15) is 14.7 Å². The number of hydrogen-bond acceptors (Lipinski definition) is 5. The summed E-state index contributed by atoms with van der Waals surface area (Å²) in [4.78, 5) is 23.0. The lowest BCUT2D eigenvalue weighted by Crippen LogP contribution is -2.54. The highest BCUT2D eigenvalue weighted by atomic mass is 16.6. The molecule has 0 bridgehead atoms. The number of aliphatic hydroxyl groups excluding tert-OH is 1. The number of carbonyl (C=O) groups excluding carboxylic acids is 2. The van der Waals surface area contributed by atoms with E-state index in [1.165, 1.54) is 46.0 Å². The highest BCUT2D eigenvalue weighted by Gasteiger charge is 2.60. The zero-order valence-corrected chi connectivity index (χ0v) is 23.8. The molecule has 4 aliphatic carbocycles. The van der Waals surface area contributed by atoms with E-state index in [-0.39, 0.29) is 23.0 Å². The normalized spacial score (nSPS) is 40.8. The molecule has 3 fully saturated rings. The van der Waals surface area contributed by atoms with E-state index in [2.05, 4.69) is 26.8 Å². The summed E-state index contributed by atoms with van der Waals surface area (Å²) in [5.74, 6) is 2.99. The minimum atomic E-state index is -0.658. The van der Waals surface area contributed by atoms with Crippen LogP contribution in [0.3, 0.4) is 0 Å². The maximum atomic E-state index is 11.6. The number of ether oxygens (including phenoxy) is 2. The standard InChI is InChI=1S/C31H50O5/c1-19(9-8-16-29(4,5)36-21(3)33)23-12-13-24-22-10-11-26-28(34)27(35-20(2)32)15-18-31(26,7)25(22)14-17-30(23,24)6/h11,19,22-25,27-28,34H,8-10,12-18H2,1-7H3/t19-,22+,23-,24+,25+,27+,28-,30-,31-/m1/s1. The number of rotatable bonds is 7. The lowest BCUT2D eigenvalue weighted by molar-refractivity contribution is -0.157. The molecule has 5 heteroatoms. The first-order valence-electron chi connectivity index (χ1n) is 14.5. The minimum Gasteiger partial charge on any atom is -0.460 e. The van der Waals surface area contributed by atoms with Crippen molar-refractivity contribution in [2.45, 2.75) is 130 Å². The van der Waals surface area contributed by atoms with E-state index in [0.717, 1.165) is 49.5 Å². The summed E-state index contributed by atoms with van der Waals surface area (Å²) in [5.41, 5.74) is 1.17. The van der Waals surface area contributed by atoms with Gasteiger partial charge in [-0.05, 0) is 118 Å². The van der Waals surface area contributed by atoms with Crippen LogP contribution >= 0.6 is 0 Å². The van der Waals surface area contributed by atoms with Crippen LogP contribution in [0.2, 0.25) is 0 Å². The molecule has 36 heavy (non-hydrogen) atoms. The third-order valence-corrected chi connectivity index (χ3v) is 11.1. The van der Waals surface area contributed by atoms with Crippen LogP contribution in [0.25, 0.3) is 0 Å². The van der Waals surface area contributed by atoms with Gasteiger partial charge in [0.2, 0.25) is 0 Å². The van der Waals surface area contributed by atoms with E-state index in [1.54, 1.807) is 0 Å². The van der Waals surface area contributed by atoms with Crippen LogP contribution < -0.4 is 0 Å². The fourth-order valence-electron chi connectivity index (χ4n) is 9.51. The van der Waals surface area contributed by atoms with Gasteiger partial charge < -0.3 is 14.6 Å². The molecule has 0 aromatic rings. The van der Waals surface area contributed by atoms with Gasteiger partial charge in [-0.15, -0.1) is 0 Å². The molecule has 0 heterocycles. The largest absolute Gasteiger partial charge is 0.460 e. The van der Waals surface area contributed by atoms with Crippen molar-refractivity contribution < 1.29 is 24.2 Å². The zero-order valence-electron chi connectivity index (χ0n) is 23.8. The number of aliphatic hydroxyl groups is 1. The SMILES string of the molecule is CC(=O)O[C@H]1CC[C@@]2(C)C(=CC[C@H]3[C@@H]4CC[C@H]([C@H](C)CCCC(C)(C)OC(C)=O)[C@@]4(C)CC[C@@H]32)[C@H]1O. The van der Waals surface area contributed by atoms with Crippen molar-refractivity contribution in [3.05, 3.63) is 11.6 Å². The third kappa shape index (κ3) is 5.02. The second-order valence-electron chi connectivity index (χ2n) is 13.8. The topological polar surface area (TPSA) is 72.8 Å². The Morgan fingerprint density at radius 3 is 2.47 bits per heavy atom.